The van der Waals surface area contributed by atoms with Crippen molar-refractivity contribution in [3.8, 4) is 5.75 Å². The number of carbonyl (C=O) groups excluding carboxylic acids is 1. The Bertz CT molecular complexity index is 850. The highest BCUT2D eigenvalue weighted by Gasteiger charge is 2.21. The summed E-state index contributed by atoms with van der Waals surface area (Å²) in [5.41, 5.74) is 2.32. The van der Waals surface area contributed by atoms with Crippen LogP contribution in [0.1, 0.15) is 64.4 Å². The number of unbranched alkanes of at least 4 members (excludes halogenated alkanes) is 2. The molecule has 2 heterocycles. The van der Waals surface area contributed by atoms with Crippen molar-refractivity contribution in [2.45, 2.75) is 71.3 Å². The van der Waals surface area contributed by atoms with E-state index in [-0.39, 0.29) is 12.0 Å². The summed E-state index contributed by atoms with van der Waals surface area (Å²) in [6.07, 6.45) is 10.2. The van der Waals surface area contributed by atoms with Gasteiger partial charge in [0, 0.05) is 44.2 Å². The lowest BCUT2D eigenvalue weighted by Crippen LogP contribution is -2.39. The van der Waals surface area contributed by atoms with Gasteiger partial charge in [0.1, 0.15) is 17.4 Å². The van der Waals surface area contributed by atoms with E-state index >= 15 is 0 Å². The number of piperidine rings is 1. The number of hydrogen-bond donors (Lipinski definition) is 1. The number of hydrogen-bond acceptors (Lipinski definition) is 5. The number of aryl methyl sites for hydroxylation is 1. The molecular formula is C27H41N3O3. The average molecular weight is 456 g/mol. The Kier molecular flexibility index (Phi) is 10.9. The highest BCUT2D eigenvalue weighted by atomic mass is 16.5. The largest absolute Gasteiger partial charge is 0.488 e. The topological polar surface area (TPSA) is 63.7 Å². The molecule has 0 saturated carbocycles. The standard InChI is InChI=1S/C27H41N3O3/c1-3-5-9-22-20-23-10-8-15-29-27(23)25(21-22)33-24-11-17-30(18-12-24)16-7-6-14-28-26(31)13-19-32-4-2/h8,10,15,20-21,24H,3-7,9,11-14,16-19H2,1-2H3,(H,28,31). The van der Waals surface area contributed by atoms with E-state index in [2.05, 4.69) is 40.3 Å². The molecule has 0 atom stereocenters. The van der Waals surface area contributed by atoms with Gasteiger partial charge >= 0.3 is 0 Å². The molecule has 0 spiro atoms. The van der Waals surface area contributed by atoms with Crippen molar-refractivity contribution < 1.29 is 14.3 Å². The summed E-state index contributed by atoms with van der Waals surface area (Å²) in [6, 6.07) is 8.60. The third kappa shape index (κ3) is 8.59. The van der Waals surface area contributed by atoms with Gasteiger partial charge in [-0.25, -0.2) is 0 Å². The molecule has 1 aliphatic rings. The second-order valence-corrected chi connectivity index (χ2v) is 8.94. The number of nitrogens with zero attached hydrogens (tertiary/aromatic N) is 2. The van der Waals surface area contributed by atoms with Gasteiger partial charge < -0.3 is 19.7 Å². The van der Waals surface area contributed by atoms with Gasteiger partial charge in [0.2, 0.25) is 5.91 Å². The van der Waals surface area contributed by atoms with Crippen molar-refractivity contribution >= 4 is 16.8 Å². The zero-order valence-corrected chi connectivity index (χ0v) is 20.5. The molecule has 0 radical (unpaired) electrons. The average Bonchev–Trinajstić information content (AvgIpc) is 2.84. The minimum absolute atomic E-state index is 0.0854. The molecule has 1 aromatic heterocycles. The summed E-state index contributed by atoms with van der Waals surface area (Å²) in [7, 11) is 0. The Morgan fingerprint density at radius 3 is 2.82 bits per heavy atom. The van der Waals surface area contributed by atoms with E-state index in [4.69, 9.17) is 9.47 Å². The van der Waals surface area contributed by atoms with Crippen molar-refractivity contribution in [2.24, 2.45) is 0 Å². The number of ether oxygens (including phenoxy) is 2. The van der Waals surface area contributed by atoms with E-state index in [1.54, 1.807) is 0 Å². The first-order valence-electron chi connectivity index (χ1n) is 12.8. The third-order valence-electron chi connectivity index (χ3n) is 6.28. The van der Waals surface area contributed by atoms with Crippen molar-refractivity contribution in [1.29, 1.82) is 0 Å². The monoisotopic (exact) mass is 455 g/mol. The fourth-order valence-electron chi connectivity index (χ4n) is 4.35. The van der Waals surface area contributed by atoms with Crippen molar-refractivity contribution in [1.82, 2.24) is 15.2 Å². The Hall–Kier alpha value is -2.18. The van der Waals surface area contributed by atoms with Gasteiger partial charge in [-0.05, 0) is 75.8 Å². The van der Waals surface area contributed by atoms with Crippen LogP contribution in [0, 0.1) is 0 Å². The fourth-order valence-corrected chi connectivity index (χ4v) is 4.35. The molecule has 1 aliphatic heterocycles. The van der Waals surface area contributed by atoms with Gasteiger partial charge in [0.05, 0.1) is 6.61 Å². The number of aromatic nitrogens is 1. The predicted molar refractivity (Wildman–Crippen MR) is 134 cm³/mol. The van der Waals surface area contributed by atoms with Crippen molar-refractivity contribution in [3.05, 3.63) is 36.0 Å². The van der Waals surface area contributed by atoms with Crippen LogP contribution in [0.2, 0.25) is 0 Å². The lowest BCUT2D eigenvalue weighted by atomic mass is 10.0. The zero-order chi connectivity index (χ0) is 23.3. The lowest BCUT2D eigenvalue weighted by molar-refractivity contribution is -0.122. The molecule has 1 fully saturated rings. The highest BCUT2D eigenvalue weighted by Crippen LogP contribution is 2.29. The van der Waals surface area contributed by atoms with Crippen LogP contribution in [-0.4, -0.2) is 61.3 Å². The molecule has 0 aliphatic carbocycles. The molecule has 0 bridgehead atoms. The maximum absolute atomic E-state index is 11.7. The number of pyridine rings is 1. The summed E-state index contributed by atoms with van der Waals surface area (Å²) < 4.78 is 11.7. The maximum Gasteiger partial charge on any atom is 0.222 e. The second-order valence-electron chi connectivity index (χ2n) is 8.94. The third-order valence-corrected chi connectivity index (χ3v) is 6.28. The van der Waals surface area contributed by atoms with Gasteiger partial charge in [-0.2, -0.15) is 0 Å². The number of rotatable bonds is 14. The molecule has 0 unspecified atom stereocenters. The van der Waals surface area contributed by atoms with Crippen LogP contribution in [0.25, 0.3) is 10.9 Å². The van der Waals surface area contributed by atoms with E-state index in [9.17, 15) is 4.79 Å². The second kappa shape index (κ2) is 14.2. The van der Waals surface area contributed by atoms with E-state index in [1.807, 2.05) is 19.2 Å². The zero-order valence-electron chi connectivity index (χ0n) is 20.5. The smallest absolute Gasteiger partial charge is 0.222 e. The Balaban J connectivity index is 1.39. The molecule has 1 saturated heterocycles. The predicted octanol–water partition coefficient (Wildman–Crippen LogP) is 4.74. The highest BCUT2D eigenvalue weighted by molar-refractivity contribution is 5.85. The Morgan fingerprint density at radius 1 is 1.18 bits per heavy atom. The molecule has 6 heteroatoms. The normalized spacial score (nSPS) is 15.1. The van der Waals surface area contributed by atoms with Gasteiger partial charge in [0.25, 0.3) is 0 Å². The molecule has 1 N–H and O–H groups in total. The van der Waals surface area contributed by atoms with E-state index < -0.39 is 0 Å². The summed E-state index contributed by atoms with van der Waals surface area (Å²) in [6.45, 7) is 9.30. The maximum atomic E-state index is 11.7. The Labute approximate surface area is 199 Å². The van der Waals surface area contributed by atoms with Crippen LogP contribution in [0.15, 0.2) is 30.5 Å². The van der Waals surface area contributed by atoms with E-state index in [1.165, 1.54) is 23.8 Å². The van der Waals surface area contributed by atoms with Crippen LogP contribution in [0.5, 0.6) is 5.75 Å². The van der Waals surface area contributed by atoms with Crippen molar-refractivity contribution in [2.75, 3.05) is 39.4 Å². The molecular weight excluding hydrogens is 414 g/mol. The van der Waals surface area contributed by atoms with Crippen molar-refractivity contribution in [3.63, 3.8) is 0 Å². The number of nitrogens with one attached hydrogen (secondary N) is 1. The first-order valence-corrected chi connectivity index (χ1v) is 12.8. The van der Waals surface area contributed by atoms with Gasteiger partial charge in [-0.1, -0.05) is 19.4 Å². The van der Waals surface area contributed by atoms with Gasteiger partial charge in [0.15, 0.2) is 0 Å². The van der Waals surface area contributed by atoms with Gasteiger partial charge in [-0.3, -0.25) is 9.78 Å². The number of amides is 1. The molecule has 1 amide bonds. The summed E-state index contributed by atoms with van der Waals surface area (Å²) in [5, 5.41) is 4.15. The van der Waals surface area contributed by atoms with E-state index in [0.29, 0.717) is 19.6 Å². The number of carbonyl (C=O) groups is 1. The minimum Gasteiger partial charge on any atom is -0.488 e. The number of likely N-dealkylation sites (tertiary alicyclic amines) is 1. The summed E-state index contributed by atoms with van der Waals surface area (Å²) in [5.74, 6) is 1.03. The molecule has 182 valence electrons. The summed E-state index contributed by atoms with van der Waals surface area (Å²) in [4.78, 5) is 18.8. The van der Waals surface area contributed by atoms with Crippen LogP contribution < -0.4 is 10.1 Å². The number of benzene rings is 1. The van der Waals surface area contributed by atoms with Crippen LogP contribution in [0.3, 0.4) is 0 Å². The SMILES string of the molecule is CCCCc1cc(OC2CCN(CCCCNC(=O)CCOCC)CC2)c2ncccc2c1. The molecule has 1 aromatic carbocycles. The van der Waals surface area contributed by atoms with Crippen LogP contribution in [0.4, 0.5) is 0 Å². The molecule has 6 nitrogen and oxygen atoms in total. The fraction of sp³-hybridized carbons (Fsp3) is 0.630. The molecule has 33 heavy (non-hydrogen) atoms. The first kappa shape index (κ1) is 25.4. The molecule has 2 aromatic rings. The first-order chi connectivity index (χ1) is 16.2. The van der Waals surface area contributed by atoms with Crippen LogP contribution >= 0.6 is 0 Å². The molecule has 3 rings (SSSR count). The Morgan fingerprint density at radius 2 is 2.03 bits per heavy atom. The van der Waals surface area contributed by atoms with Gasteiger partial charge in [-0.15, -0.1) is 0 Å². The number of fused-ring (bicyclic) bond motifs is 1. The summed E-state index contributed by atoms with van der Waals surface area (Å²) >= 11 is 0. The lowest BCUT2D eigenvalue weighted by Gasteiger charge is -2.32. The quantitative estimate of drug-likeness (QED) is 0.417. The van der Waals surface area contributed by atoms with E-state index in [0.717, 1.165) is 69.5 Å². The minimum atomic E-state index is 0.0854. The van der Waals surface area contributed by atoms with Crippen LogP contribution in [-0.2, 0) is 16.0 Å².